The van der Waals surface area contributed by atoms with Gasteiger partial charge in [0, 0.05) is 12.7 Å². The van der Waals surface area contributed by atoms with E-state index >= 15 is 0 Å². The SMILES string of the molecule is CC(=O)SCC=Cc1c(C)cccc1C#N. The van der Waals surface area contributed by atoms with Crippen molar-refractivity contribution in [2.24, 2.45) is 0 Å². The fourth-order valence-electron chi connectivity index (χ4n) is 1.33. The lowest BCUT2D eigenvalue weighted by Gasteiger charge is -2.01. The van der Waals surface area contributed by atoms with E-state index in [9.17, 15) is 4.79 Å². The van der Waals surface area contributed by atoms with E-state index < -0.39 is 0 Å². The van der Waals surface area contributed by atoms with E-state index in [4.69, 9.17) is 5.26 Å². The monoisotopic (exact) mass is 231 g/mol. The molecule has 0 unspecified atom stereocenters. The van der Waals surface area contributed by atoms with Crippen LogP contribution >= 0.6 is 11.8 Å². The number of rotatable bonds is 3. The van der Waals surface area contributed by atoms with Crippen LogP contribution in [-0.4, -0.2) is 10.9 Å². The Labute approximate surface area is 100.0 Å². The minimum atomic E-state index is 0.106. The maximum Gasteiger partial charge on any atom is 0.186 e. The van der Waals surface area contributed by atoms with Crippen molar-refractivity contribution >= 4 is 23.0 Å². The number of nitriles is 1. The highest BCUT2D eigenvalue weighted by molar-refractivity contribution is 8.13. The van der Waals surface area contributed by atoms with Crippen molar-refractivity contribution in [2.45, 2.75) is 13.8 Å². The summed E-state index contributed by atoms with van der Waals surface area (Å²) in [6, 6.07) is 7.80. The quantitative estimate of drug-likeness (QED) is 0.802. The third-order valence-corrected chi connectivity index (χ3v) is 2.88. The molecule has 0 amide bonds. The minimum Gasteiger partial charge on any atom is -0.288 e. The van der Waals surface area contributed by atoms with Gasteiger partial charge in [-0.1, -0.05) is 36.0 Å². The van der Waals surface area contributed by atoms with E-state index in [0.29, 0.717) is 11.3 Å². The molecule has 0 aliphatic heterocycles. The van der Waals surface area contributed by atoms with Crippen LogP contribution in [0.15, 0.2) is 24.3 Å². The molecule has 0 N–H and O–H groups in total. The molecule has 3 heteroatoms. The summed E-state index contributed by atoms with van der Waals surface area (Å²) in [6.45, 7) is 3.52. The molecular weight excluding hydrogens is 218 g/mol. The lowest BCUT2D eigenvalue weighted by Crippen LogP contribution is -1.87. The highest BCUT2D eigenvalue weighted by Gasteiger charge is 2.00. The van der Waals surface area contributed by atoms with Gasteiger partial charge in [-0.15, -0.1) is 0 Å². The van der Waals surface area contributed by atoms with Gasteiger partial charge in [0.1, 0.15) is 0 Å². The first-order valence-electron chi connectivity index (χ1n) is 4.94. The topological polar surface area (TPSA) is 40.9 Å². The van der Waals surface area contributed by atoms with Crippen LogP contribution < -0.4 is 0 Å². The molecule has 0 heterocycles. The Morgan fingerprint density at radius 1 is 1.56 bits per heavy atom. The highest BCUT2D eigenvalue weighted by atomic mass is 32.2. The Bertz CT molecular complexity index is 457. The number of aryl methyl sites for hydroxylation is 1. The van der Waals surface area contributed by atoms with Gasteiger partial charge < -0.3 is 0 Å². The van der Waals surface area contributed by atoms with Crippen molar-refractivity contribution in [3.8, 4) is 6.07 Å². The molecule has 1 rings (SSSR count). The van der Waals surface area contributed by atoms with E-state index in [-0.39, 0.29) is 5.12 Å². The van der Waals surface area contributed by atoms with E-state index in [1.807, 2.05) is 31.2 Å². The maximum atomic E-state index is 10.7. The Kier molecular flexibility index (Phi) is 4.81. The summed E-state index contributed by atoms with van der Waals surface area (Å²) >= 11 is 1.26. The van der Waals surface area contributed by atoms with Crippen LogP contribution in [0.5, 0.6) is 0 Å². The summed E-state index contributed by atoms with van der Waals surface area (Å²) in [4.78, 5) is 10.7. The van der Waals surface area contributed by atoms with Crippen LogP contribution in [0.1, 0.15) is 23.6 Å². The largest absolute Gasteiger partial charge is 0.288 e. The number of thioether (sulfide) groups is 1. The lowest BCUT2D eigenvalue weighted by atomic mass is 10.0. The van der Waals surface area contributed by atoms with Crippen LogP contribution in [0, 0.1) is 18.3 Å². The normalized spacial score (nSPS) is 10.3. The lowest BCUT2D eigenvalue weighted by molar-refractivity contribution is -0.109. The summed E-state index contributed by atoms with van der Waals surface area (Å²) in [7, 11) is 0. The van der Waals surface area contributed by atoms with Gasteiger partial charge in [-0.3, -0.25) is 4.79 Å². The van der Waals surface area contributed by atoms with Crippen molar-refractivity contribution in [2.75, 3.05) is 5.75 Å². The Morgan fingerprint density at radius 3 is 2.94 bits per heavy atom. The predicted octanol–water partition coefficient (Wildman–Crippen LogP) is 3.16. The molecule has 0 atom stereocenters. The number of carbonyl (C=O) groups excluding carboxylic acids is 1. The van der Waals surface area contributed by atoms with Crippen LogP contribution in [0.4, 0.5) is 0 Å². The zero-order valence-electron chi connectivity index (χ0n) is 9.36. The molecule has 0 saturated heterocycles. The van der Waals surface area contributed by atoms with Crippen molar-refractivity contribution in [3.05, 3.63) is 41.0 Å². The third-order valence-electron chi connectivity index (χ3n) is 2.11. The van der Waals surface area contributed by atoms with Crippen molar-refractivity contribution < 1.29 is 4.79 Å². The summed E-state index contributed by atoms with van der Waals surface area (Å²) in [6.07, 6.45) is 3.82. The first-order valence-corrected chi connectivity index (χ1v) is 5.93. The Hall–Kier alpha value is -1.53. The summed E-state index contributed by atoms with van der Waals surface area (Å²) in [5.74, 6) is 0.647. The predicted molar refractivity (Wildman–Crippen MR) is 68.1 cm³/mol. The summed E-state index contributed by atoms with van der Waals surface area (Å²) in [5, 5.41) is 9.05. The van der Waals surface area contributed by atoms with Crippen LogP contribution in [0.3, 0.4) is 0 Å². The molecule has 16 heavy (non-hydrogen) atoms. The van der Waals surface area contributed by atoms with E-state index in [1.165, 1.54) is 11.8 Å². The number of hydrogen-bond acceptors (Lipinski definition) is 3. The number of carbonyl (C=O) groups is 1. The van der Waals surface area contributed by atoms with Crippen molar-refractivity contribution in [1.82, 2.24) is 0 Å². The molecule has 0 bridgehead atoms. The highest BCUT2D eigenvalue weighted by Crippen LogP contribution is 2.15. The minimum absolute atomic E-state index is 0.106. The molecule has 0 aliphatic carbocycles. The molecule has 0 saturated carbocycles. The van der Waals surface area contributed by atoms with Crippen LogP contribution in [-0.2, 0) is 4.79 Å². The van der Waals surface area contributed by atoms with Gasteiger partial charge in [-0.2, -0.15) is 5.26 Å². The average molecular weight is 231 g/mol. The van der Waals surface area contributed by atoms with Gasteiger partial charge in [0.05, 0.1) is 11.6 Å². The number of nitrogens with zero attached hydrogens (tertiary/aromatic N) is 1. The molecule has 0 aromatic heterocycles. The van der Waals surface area contributed by atoms with Gasteiger partial charge in [0.2, 0.25) is 0 Å². The first kappa shape index (κ1) is 12.5. The molecule has 0 fully saturated rings. The van der Waals surface area contributed by atoms with Gasteiger partial charge in [-0.05, 0) is 24.1 Å². The number of benzene rings is 1. The van der Waals surface area contributed by atoms with Crippen LogP contribution in [0.2, 0.25) is 0 Å². The fourth-order valence-corrected chi connectivity index (χ4v) is 1.76. The molecule has 0 spiro atoms. The average Bonchev–Trinajstić information content (AvgIpc) is 2.25. The second-order valence-electron chi connectivity index (χ2n) is 3.35. The van der Waals surface area contributed by atoms with E-state index in [2.05, 4.69) is 6.07 Å². The third kappa shape index (κ3) is 3.56. The molecule has 0 aliphatic rings. The van der Waals surface area contributed by atoms with Gasteiger partial charge in [0.25, 0.3) is 0 Å². The van der Waals surface area contributed by atoms with Crippen molar-refractivity contribution in [3.63, 3.8) is 0 Å². The standard InChI is InChI=1S/C13H13NOS/c1-10-5-3-6-12(9-14)13(10)7-4-8-16-11(2)15/h3-7H,8H2,1-2H3. The molecular formula is C13H13NOS. The molecule has 0 radical (unpaired) electrons. The summed E-state index contributed by atoms with van der Waals surface area (Å²) < 4.78 is 0. The smallest absolute Gasteiger partial charge is 0.186 e. The zero-order chi connectivity index (χ0) is 12.0. The first-order chi connectivity index (χ1) is 7.65. The van der Waals surface area contributed by atoms with Gasteiger partial charge >= 0.3 is 0 Å². The Balaban J connectivity index is 2.80. The molecule has 1 aromatic carbocycles. The van der Waals surface area contributed by atoms with Crippen molar-refractivity contribution in [1.29, 1.82) is 5.26 Å². The zero-order valence-corrected chi connectivity index (χ0v) is 10.2. The molecule has 82 valence electrons. The fraction of sp³-hybridized carbons (Fsp3) is 0.231. The second kappa shape index (κ2) is 6.14. The second-order valence-corrected chi connectivity index (χ2v) is 4.55. The van der Waals surface area contributed by atoms with E-state index in [1.54, 1.807) is 13.0 Å². The van der Waals surface area contributed by atoms with Gasteiger partial charge in [-0.25, -0.2) is 0 Å². The maximum absolute atomic E-state index is 10.7. The van der Waals surface area contributed by atoms with E-state index in [0.717, 1.165) is 11.1 Å². The molecule has 2 nitrogen and oxygen atoms in total. The summed E-state index contributed by atoms with van der Waals surface area (Å²) in [5.41, 5.74) is 2.68. The molecule has 1 aromatic rings. The number of hydrogen-bond donors (Lipinski definition) is 0. The van der Waals surface area contributed by atoms with Gasteiger partial charge in [0.15, 0.2) is 5.12 Å². The Morgan fingerprint density at radius 2 is 2.31 bits per heavy atom. The van der Waals surface area contributed by atoms with Crippen LogP contribution in [0.25, 0.3) is 6.08 Å².